The summed E-state index contributed by atoms with van der Waals surface area (Å²) in [6, 6.07) is 26.6. The Labute approximate surface area is 193 Å². The number of benzene rings is 2. The maximum absolute atomic E-state index is 5.84. The first-order valence-electron chi connectivity index (χ1n) is 10.5. The monoisotopic (exact) mass is 440 g/mol. The van der Waals surface area contributed by atoms with Crippen molar-refractivity contribution < 1.29 is 4.74 Å². The van der Waals surface area contributed by atoms with Crippen LogP contribution in [-0.4, -0.2) is 21.8 Å². The molecule has 0 aliphatic carbocycles. The Morgan fingerprint density at radius 2 is 1.66 bits per heavy atom. The van der Waals surface area contributed by atoms with Gasteiger partial charge >= 0.3 is 0 Å². The number of pyridine rings is 1. The summed E-state index contributed by atoms with van der Waals surface area (Å²) in [5.74, 6) is 0.832. The smallest absolute Gasteiger partial charge is 0.174 e. The lowest BCUT2D eigenvalue weighted by atomic mass is 10.0. The number of thiocarbonyl (C=S) groups is 1. The predicted molar refractivity (Wildman–Crippen MR) is 131 cm³/mol. The molecule has 2 aromatic carbocycles. The summed E-state index contributed by atoms with van der Waals surface area (Å²) >= 11 is 5.84. The van der Waals surface area contributed by atoms with Gasteiger partial charge in [-0.05, 0) is 79.8 Å². The fourth-order valence-corrected chi connectivity index (χ4v) is 4.60. The van der Waals surface area contributed by atoms with Crippen LogP contribution in [0.5, 0.6) is 5.75 Å². The first-order valence-corrected chi connectivity index (χ1v) is 11.0. The molecule has 3 heterocycles. The lowest BCUT2D eigenvalue weighted by Gasteiger charge is -2.29. The van der Waals surface area contributed by atoms with E-state index in [-0.39, 0.29) is 12.1 Å². The van der Waals surface area contributed by atoms with Crippen LogP contribution < -0.4 is 15.0 Å². The maximum Gasteiger partial charge on any atom is 0.174 e. The number of nitrogens with zero attached hydrogens (tertiary/aromatic N) is 3. The lowest BCUT2D eigenvalue weighted by molar-refractivity contribution is 0.414. The summed E-state index contributed by atoms with van der Waals surface area (Å²) in [4.78, 5) is 6.85. The van der Waals surface area contributed by atoms with Gasteiger partial charge in [-0.2, -0.15) is 0 Å². The van der Waals surface area contributed by atoms with Crippen molar-refractivity contribution in [3.8, 4) is 11.4 Å². The molecule has 0 saturated carbocycles. The summed E-state index contributed by atoms with van der Waals surface area (Å²) in [6.07, 6.45) is 3.91. The zero-order valence-electron chi connectivity index (χ0n) is 18.0. The van der Waals surface area contributed by atoms with Crippen LogP contribution in [0.2, 0.25) is 0 Å². The quantitative estimate of drug-likeness (QED) is 0.423. The Morgan fingerprint density at radius 1 is 0.906 bits per heavy atom. The normalized spacial score (nSPS) is 17.9. The van der Waals surface area contributed by atoms with Gasteiger partial charge in [0.1, 0.15) is 11.8 Å². The number of methoxy groups -OCH3 is 1. The standard InChI is InChI=1S/C26H24N4OS/c1-18-8-10-20(11-9-18)30-25(24(28-26(30)32)22-6-3-4-16-27-22)23-7-5-17-29(23)19-12-14-21(31-2)15-13-19/h3-17,24-25H,1-2H3,(H,28,32). The predicted octanol–water partition coefficient (Wildman–Crippen LogP) is 5.37. The third-order valence-corrected chi connectivity index (χ3v) is 6.16. The highest BCUT2D eigenvalue weighted by molar-refractivity contribution is 7.80. The van der Waals surface area contributed by atoms with Crippen LogP contribution >= 0.6 is 12.2 Å². The van der Waals surface area contributed by atoms with E-state index in [0.29, 0.717) is 5.11 Å². The van der Waals surface area contributed by atoms with Crippen LogP contribution in [0.4, 0.5) is 5.69 Å². The molecule has 32 heavy (non-hydrogen) atoms. The Bertz CT molecular complexity index is 1220. The minimum absolute atomic E-state index is 0.0720. The van der Waals surface area contributed by atoms with Gasteiger partial charge in [-0.15, -0.1) is 0 Å². The largest absolute Gasteiger partial charge is 0.497 e. The molecule has 2 atom stereocenters. The van der Waals surface area contributed by atoms with Gasteiger partial charge in [0, 0.05) is 29.5 Å². The first kappa shape index (κ1) is 20.3. The zero-order chi connectivity index (χ0) is 22.1. The summed E-state index contributed by atoms with van der Waals surface area (Å²) in [6.45, 7) is 2.09. The van der Waals surface area contributed by atoms with Gasteiger partial charge in [0.15, 0.2) is 5.11 Å². The van der Waals surface area contributed by atoms with Crippen molar-refractivity contribution in [1.29, 1.82) is 0 Å². The number of hydrogen-bond donors (Lipinski definition) is 1. The Kier molecular flexibility index (Phi) is 5.37. The average Bonchev–Trinajstić information content (AvgIpc) is 3.44. The molecule has 2 aromatic heterocycles. The first-order chi connectivity index (χ1) is 15.7. The van der Waals surface area contributed by atoms with Crippen molar-refractivity contribution in [1.82, 2.24) is 14.9 Å². The molecule has 5 rings (SSSR count). The third kappa shape index (κ3) is 3.63. The molecule has 2 unspecified atom stereocenters. The molecule has 1 saturated heterocycles. The molecule has 1 N–H and O–H groups in total. The number of aryl methyl sites for hydroxylation is 1. The van der Waals surface area contributed by atoms with Crippen molar-refractivity contribution in [2.24, 2.45) is 0 Å². The van der Waals surface area contributed by atoms with E-state index in [2.05, 4.69) is 81.4 Å². The molecule has 0 amide bonds. The van der Waals surface area contributed by atoms with E-state index in [4.69, 9.17) is 17.0 Å². The Balaban J connectivity index is 1.64. The summed E-state index contributed by atoms with van der Waals surface area (Å²) < 4.78 is 7.54. The van der Waals surface area contributed by atoms with Crippen molar-refractivity contribution in [3.63, 3.8) is 0 Å². The van der Waals surface area contributed by atoms with Crippen LogP contribution in [0.15, 0.2) is 91.3 Å². The van der Waals surface area contributed by atoms with Crippen LogP contribution in [0.25, 0.3) is 5.69 Å². The molecule has 1 aliphatic rings. The van der Waals surface area contributed by atoms with Crippen LogP contribution in [0, 0.1) is 6.92 Å². The molecule has 160 valence electrons. The fraction of sp³-hybridized carbons (Fsp3) is 0.154. The molecule has 0 radical (unpaired) electrons. The van der Waals surface area contributed by atoms with Gasteiger partial charge in [-0.3, -0.25) is 4.98 Å². The van der Waals surface area contributed by atoms with Crippen LogP contribution in [0.1, 0.15) is 29.0 Å². The van der Waals surface area contributed by atoms with E-state index in [9.17, 15) is 0 Å². The highest BCUT2D eigenvalue weighted by Crippen LogP contribution is 2.42. The van der Waals surface area contributed by atoms with Crippen molar-refractivity contribution in [3.05, 3.63) is 108 Å². The Morgan fingerprint density at radius 3 is 2.34 bits per heavy atom. The summed E-state index contributed by atoms with van der Waals surface area (Å²) in [7, 11) is 1.68. The second kappa shape index (κ2) is 8.48. The second-order valence-electron chi connectivity index (χ2n) is 7.83. The van der Waals surface area contributed by atoms with Gasteiger partial charge < -0.3 is 19.5 Å². The van der Waals surface area contributed by atoms with Crippen molar-refractivity contribution in [2.75, 3.05) is 12.0 Å². The lowest BCUT2D eigenvalue weighted by Crippen LogP contribution is -2.30. The highest BCUT2D eigenvalue weighted by Gasteiger charge is 2.42. The average molecular weight is 441 g/mol. The molecule has 0 spiro atoms. The Hall–Kier alpha value is -3.64. The number of aromatic nitrogens is 2. The molecular formula is C26H24N4OS. The molecule has 0 bridgehead atoms. The third-order valence-electron chi connectivity index (χ3n) is 5.84. The van der Waals surface area contributed by atoms with Gasteiger partial charge in [0.05, 0.1) is 18.8 Å². The number of nitrogens with one attached hydrogen (secondary N) is 1. The van der Waals surface area contributed by atoms with E-state index in [1.807, 2.05) is 36.5 Å². The van der Waals surface area contributed by atoms with E-state index in [0.717, 1.165) is 28.5 Å². The molecular weight excluding hydrogens is 416 g/mol. The van der Waals surface area contributed by atoms with E-state index in [1.165, 1.54) is 5.56 Å². The molecule has 4 aromatic rings. The van der Waals surface area contributed by atoms with Crippen molar-refractivity contribution in [2.45, 2.75) is 19.0 Å². The summed E-state index contributed by atoms with van der Waals surface area (Å²) in [5.41, 5.74) is 5.41. The van der Waals surface area contributed by atoms with Crippen molar-refractivity contribution >= 4 is 23.0 Å². The zero-order valence-corrected chi connectivity index (χ0v) is 18.8. The second-order valence-corrected chi connectivity index (χ2v) is 8.22. The minimum atomic E-state index is -0.0862. The van der Waals surface area contributed by atoms with Gasteiger partial charge in [0.25, 0.3) is 0 Å². The molecule has 1 aliphatic heterocycles. The van der Waals surface area contributed by atoms with Crippen LogP contribution in [0.3, 0.4) is 0 Å². The van der Waals surface area contributed by atoms with Crippen LogP contribution in [-0.2, 0) is 0 Å². The SMILES string of the molecule is COc1ccc(-n2cccc2C2C(c3ccccn3)NC(=S)N2c2ccc(C)cc2)cc1. The highest BCUT2D eigenvalue weighted by atomic mass is 32.1. The number of ether oxygens (including phenoxy) is 1. The van der Waals surface area contributed by atoms with Gasteiger partial charge in [-0.1, -0.05) is 23.8 Å². The maximum atomic E-state index is 5.84. The number of rotatable bonds is 5. The number of hydrogen-bond acceptors (Lipinski definition) is 3. The van der Waals surface area contributed by atoms with E-state index in [1.54, 1.807) is 7.11 Å². The molecule has 5 nitrogen and oxygen atoms in total. The minimum Gasteiger partial charge on any atom is -0.497 e. The summed E-state index contributed by atoms with van der Waals surface area (Å²) in [5, 5.41) is 4.22. The van der Waals surface area contributed by atoms with E-state index >= 15 is 0 Å². The van der Waals surface area contributed by atoms with Gasteiger partial charge in [-0.25, -0.2) is 0 Å². The molecule has 1 fully saturated rings. The van der Waals surface area contributed by atoms with Gasteiger partial charge in [0.2, 0.25) is 0 Å². The van der Waals surface area contributed by atoms with E-state index < -0.39 is 0 Å². The number of anilines is 1. The molecule has 6 heteroatoms. The topological polar surface area (TPSA) is 42.3 Å². The fourth-order valence-electron chi connectivity index (χ4n) is 4.25.